The highest BCUT2D eigenvalue weighted by atomic mass is 16.4. The van der Waals surface area contributed by atoms with E-state index in [0.29, 0.717) is 26.1 Å². The van der Waals surface area contributed by atoms with E-state index in [1.807, 2.05) is 18.7 Å². The molecule has 148 valence electrons. The molecule has 1 saturated heterocycles. The van der Waals surface area contributed by atoms with Crippen LogP contribution in [-0.4, -0.2) is 77.1 Å². The molecule has 8 nitrogen and oxygen atoms in total. The molecule has 1 unspecified atom stereocenters. The van der Waals surface area contributed by atoms with Crippen LogP contribution in [0.25, 0.3) is 0 Å². The van der Waals surface area contributed by atoms with Gasteiger partial charge in [0.05, 0.1) is 6.54 Å². The van der Waals surface area contributed by atoms with Crippen molar-refractivity contribution in [3.8, 4) is 0 Å². The number of urea groups is 1. The number of carboxylic acids is 1. The monoisotopic (exact) mass is 368 g/mol. The molecule has 0 radical (unpaired) electrons. The van der Waals surface area contributed by atoms with E-state index in [1.165, 1.54) is 0 Å². The van der Waals surface area contributed by atoms with E-state index >= 15 is 0 Å². The maximum absolute atomic E-state index is 12.7. The Hall–Kier alpha value is -1.83. The zero-order valence-electron chi connectivity index (χ0n) is 15.9. The second-order valence-electron chi connectivity index (χ2n) is 7.23. The lowest BCUT2D eigenvalue weighted by Gasteiger charge is -2.44. The van der Waals surface area contributed by atoms with Gasteiger partial charge in [-0.15, -0.1) is 0 Å². The van der Waals surface area contributed by atoms with E-state index in [2.05, 4.69) is 10.6 Å². The minimum Gasteiger partial charge on any atom is -0.480 e. The number of nitrogens with one attached hydrogen (secondary N) is 2. The van der Waals surface area contributed by atoms with Gasteiger partial charge in [0.2, 0.25) is 5.91 Å². The third kappa shape index (κ3) is 5.59. The third-order valence-corrected chi connectivity index (χ3v) is 5.38. The molecule has 2 rings (SSSR count). The number of nitrogens with zero attached hydrogens (tertiary/aromatic N) is 2. The second-order valence-corrected chi connectivity index (χ2v) is 7.23. The lowest BCUT2D eigenvalue weighted by Crippen LogP contribution is -2.58. The van der Waals surface area contributed by atoms with Gasteiger partial charge in [0.15, 0.2) is 0 Å². The van der Waals surface area contributed by atoms with Gasteiger partial charge in [0.25, 0.3) is 0 Å². The van der Waals surface area contributed by atoms with Crippen LogP contribution in [0.2, 0.25) is 0 Å². The molecule has 0 spiro atoms. The number of rotatable bonds is 8. The largest absolute Gasteiger partial charge is 0.480 e. The topological polar surface area (TPSA) is 102 Å². The summed E-state index contributed by atoms with van der Waals surface area (Å²) in [5.74, 6) is -0.825. The van der Waals surface area contributed by atoms with Crippen molar-refractivity contribution in [3.05, 3.63) is 0 Å². The van der Waals surface area contributed by atoms with Crippen molar-refractivity contribution in [1.82, 2.24) is 20.4 Å². The molecular weight excluding hydrogens is 336 g/mol. The molecule has 0 bridgehead atoms. The molecule has 2 aliphatic rings. The molecule has 0 aromatic carbocycles. The van der Waals surface area contributed by atoms with E-state index in [0.717, 1.165) is 32.1 Å². The Kier molecular flexibility index (Phi) is 7.68. The average Bonchev–Trinajstić information content (AvgIpc) is 2.56. The molecule has 3 amide bonds. The number of piperidine rings is 1. The van der Waals surface area contributed by atoms with Gasteiger partial charge in [-0.2, -0.15) is 0 Å². The van der Waals surface area contributed by atoms with Crippen LogP contribution in [0.3, 0.4) is 0 Å². The van der Waals surface area contributed by atoms with Gasteiger partial charge in [-0.3, -0.25) is 14.5 Å². The first-order valence-corrected chi connectivity index (χ1v) is 9.74. The van der Waals surface area contributed by atoms with Gasteiger partial charge in [-0.25, -0.2) is 4.79 Å². The summed E-state index contributed by atoms with van der Waals surface area (Å²) >= 11 is 0. The third-order valence-electron chi connectivity index (χ3n) is 5.38. The summed E-state index contributed by atoms with van der Waals surface area (Å²) in [6.07, 6.45) is 4.79. The van der Waals surface area contributed by atoms with E-state index < -0.39 is 5.97 Å². The number of likely N-dealkylation sites (N-methyl/N-ethyl adjacent to an activating group) is 1. The molecule has 8 heteroatoms. The van der Waals surface area contributed by atoms with Crippen LogP contribution in [0.1, 0.15) is 52.4 Å². The van der Waals surface area contributed by atoms with Crippen molar-refractivity contribution in [3.63, 3.8) is 0 Å². The molecule has 1 saturated carbocycles. The minimum absolute atomic E-state index is 0.00633. The van der Waals surface area contributed by atoms with E-state index in [-0.39, 0.29) is 36.6 Å². The normalized spacial score (nSPS) is 25.5. The van der Waals surface area contributed by atoms with Crippen LogP contribution in [0.4, 0.5) is 4.79 Å². The fourth-order valence-electron chi connectivity index (χ4n) is 3.90. The highest BCUT2D eigenvalue weighted by Crippen LogP contribution is 2.27. The predicted octanol–water partition coefficient (Wildman–Crippen LogP) is 1.01. The quantitative estimate of drug-likeness (QED) is 0.594. The zero-order chi connectivity index (χ0) is 19.1. The van der Waals surface area contributed by atoms with Crippen LogP contribution in [-0.2, 0) is 9.59 Å². The summed E-state index contributed by atoms with van der Waals surface area (Å²) in [5.41, 5.74) is 0. The van der Waals surface area contributed by atoms with Gasteiger partial charge < -0.3 is 20.6 Å². The van der Waals surface area contributed by atoms with E-state index in [1.54, 1.807) is 4.90 Å². The maximum Gasteiger partial charge on any atom is 0.317 e. The van der Waals surface area contributed by atoms with Crippen LogP contribution in [0, 0.1) is 0 Å². The first-order chi connectivity index (χ1) is 12.4. The number of likely N-dealkylation sites (tertiary alicyclic amines) is 1. The summed E-state index contributed by atoms with van der Waals surface area (Å²) in [6, 6.07) is 0.172. The van der Waals surface area contributed by atoms with Crippen LogP contribution >= 0.6 is 0 Å². The number of carbonyl (C=O) groups excluding carboxylic acids is 2. The standard InChI is InChI=1S/C18H32N4O4/c1-3-19-16(23)11-14-7-5-6-8-22(14)18(26)20-13-9-15(10-13)21(4-2)12-17(24)25/h13-15H,3-12H2,1-2H3,(H,19,23)(H,20,26)(H,24,25). The Bertz CT molecular complexity index is 507. The Morgan fingerprint density at radius 3 is 2.54 bits per heavy atom. The average molecular weight is 368 g/mol. The summed E-state index contributed by atoms with van der Waals surface area (Å²) < 4.78 is 0. The lowest BCUT2D eigenvalue weighted by molar-refractivity contribution is -0.139. The van der Waals surface area contributed by atoms with Gasteiger partial charge in [0, 0.05) is 37.6 Å². The van der Waals surface area contributed by atoms with Crippen molar-refractivity contribution in [2.75, 3.05) is 26.2 Å². The van der Waals surface area contributed by atoms with Crippen LogP contribution in [0.5, 0.6) is 0 Å². The summed E-state index contributed by atoms with van der Waals surface area (Å²) in [5, 5.41) is 14.8. The van der Waals surface area contributed by atoms with Crippen molar-refractivity contribution >= 4 is 17.9 Å². The Morgan fingerprint density at radius 2 is 1.92 bits per heavy atom. The number of carbonyl (C=O) groups is 3. The van der Waals surface area contributed by atoms with Crippen molar-refractivity contribution in [1.29, 1.82) is 0 Å². The highest BCUT2D eigenvalue weighted by Gasteiger charge is 2.36. The number of hydrogen-bond donors (Lipinski definition) is 3. The summed E-state index contributed by atoms with van der Waals surface area (Å²) in [4.78, 5) is 39.2. The number of hydrogen-bond acceptors (Lipinski definition) is 4. The summed E-state index contributed by atoms with van der Waals surface area (Å²) in [7, 11) is 0. The van der Waals surface area contributed by atoms with Gasteiger partial charge in [0.1, 0.15) is 0 Å². The highest BCUT2D eigenvalue weighted by molar-refractivity contribution is 5.79. The van der Waals surface area contributed by atoms with E-state index in [9.17, 15) is 14.4 Å². The molecule has 1 atom stereocenters. The molecule has 0 aromatic heterocycles. The smallest absolute Gasteiger partial charge is 0.317 e. The number of amides is 3. The molecule has 26 heavy (non-hydrogen) atoms. The molecule has 0 aromatic rings. The molecule has 1 aliphatic carbocycles. The fourth-order valence-corrected chi connectivity index (χ4v) is 3.90. The second kappa shape index (κ2) is 9.75. The summed E-state index contributed by atoms with van der Waals surface area (Å²) in [6.45, 7) is 5.87. The fraction of sp³-hybridized carbons (Fsp3) is 0.833. The molecule has 1 aliphatic heterocycles. The molecule has 3 N–H and O–H groups in total. The van der Waals surface area contributed by atoms with Crippen LogP contribution < -0.4 is 10.6 Å². The van der Waals surface area contributed by atoms with Gasteiger partial charge >= 0.3 is 12.0 Å². The van der Waals surface area contributed by atoms with Crippen molar-refractivity contribution in [2.45, 2.75) is 70.5 Å². The Morgan fingerprint density at radius 1 is 1.19 bits per heavy atom. The number of aliphatic carboxylic acids is 1. The zero-order valence-corrected chi connectivity index (χ0v) is 15.9. The van der Waals surface area contributed by atoms with Crippen molar-refractivity contribution in [2.24, 2.45) is 0 Å². The minimum atomic E-state index is -0.819. The number of carboxylic acid groups (broad SMARTS) is 1. The van der Waals surface area contributed by atoms with Crippen LogP contribution in [0.15, 0.2) is 0 Å². The van der Waals surface area contributed by atoms with Gasteiger partial charge in [-0.05, 0) is 45.6 Å². The molecular formula is C18H32N4O4. The van der Waals surface area contributed by atoms with Gasteiger partial charge in [-0.1, -0.05) is 6.92 Å². The predicted molar refractivity (Wildman–Crippen MR) is 97.9 cm³/mol. The maximum atomic E-state index is 12.7. The molecule has 1 heterocycles. The van der Waals surface area contributed by atoms with Crippen molar-refractivity contribution < 1.29 is 19.5 Å². The first kappa shape index (κ1) is 20.5. The first-order valence-electron chi connectivity index (χ1n) is 9.74. The SMILES string of the molecule is CCNC(=O)CC1CCCCN1C(=O)NC1CC(N(CC)CC(=O)O)C1. The Balaban J connectivity index is 1.81. The Labute approximate surface area is 155 Å². The lowest BCUT2D eigenvalue weighted by atomic mass is 9.85. The van der Waals surface area contributed by atoms with E-state index in [4.69, 9.17) is 5.11 Å². The molecule has 2 fully saturated rings.